The zero-order valence-electron chi connectivity index (χ0n) is 20.2. The molecule has 3 aromatic carbocycles. The minimum absolute atomic E-state index is 0.0862. The van der Waals surface area contributed by atoms with Gasteiger partial charge in [-0.05, 0) is 48.1 Å². The van der Waals surface area contributed by atoms with E-state index < -0.39 is 17.6 Å². The molecule has 3 aromatic rings. The Kier molecular flexibility index (Phi) is 9.81. The van der Waals surface area contributed by atoms with Crippen molar-refractivity contribution in [3.05, 3.63) is 83.4 Å². The number of unbranched alkanes of at least 4 members (excludes halogenated alkanes) is 5. The molecular formula is C30H34F2O2. The molecule has 3 rings (SSSR count). The molecule has 2 nitrogen and oxygen atoms in total. The van der Waals surface area contributed by atoms with Crippen LogP contribution in [-0.4, -0.2) is 12.6 Å². The molecule has 0 aliphatic heterocycles. The molecule has 0 radical (unpaired) electrons. The third kappa shape index (κ3) is 6.53. The van der Waals surface area contributed by atoms with Crippen molar-refractivity contribution in [1.82, 2.24) is 0 Å². The highest BCUT2D eigenvalue weighted by Crippen LogP contribution is 2.37. The second kappa shape index (κ2) is 13.0. The van der Waals surface area contributed by atoms with Gasteiger partial charge in [0, 0.05) is 11.1 Å². The largest absolute Gasteiger partial charge is 0.462 e. The SMILES string of the molecule is CCCCCCCOC(=O)c1ccc(-c2ccccc2)c(-c2ccc(CCCC)cc2F)c1F. The van der Waals surface area contributed by atoms with Crippen molar-refractivity contribution in [2.24, 2.45) is 0 Å². The fourth-order valence-electron chi connectivity index (χ4n) is 4.10. The van der Waals surface area contributed by atoms with Gasteiger partial charge in [-0.25, -0.2) is 13.6 Å². The molecule has 180 valence electrons. The Balaban J connectivity index is 1.95. The average molecular weight is 465 g/mol. The Morgan fingerprint density at radius 3 is 2.21 bits per heavy atom. The van der Waals surface area contributed by atoms with Crippen molar-refractivity contribution in [2.75, 3.05) is 6.61 Å². The summed E-state index contributed by atoms with van der Waals surface area (Å²) in [7, 11) is 0. The number of carbonyl (C=O) groups is 1. The summed E-state index contributed by atoms with van der Waals surface area (Å²) in [6.07, 6.45) is 7.83. The van der Waals surface area contributed by atoms with Crippen molar-refractivity contribution in [2.45, 2.75) is 65.2 Å². The molecule has 0 bridgehead atoms. The highest BCUT2D eigenvalue weighted by molar-refractivity contribution is 5.95. The van der Waals surface area contributed by atoms with Crippen LogP contribution in [0.25, 0.3) is 22.3 Å². The summed E-state index contributed by atoms with van der Waals surface area (Å²) in [5.41, 5.74) is 2.23. The molecular weight excluding hydrogens is 430 g/mol. The molecule has 0 spiro atoms. The lowest BCUT2D eigenvalue weighted by atomic mass is 9.91. The molecule has 0 saturated carbocycles. The Bertz CT molecular complexity index is 1080. The fraction of sp³-hybridized carbons (Fsp3) is 0.367. The van der Waals surface area contributed by atoms with Crippen LogP contribution in [0.1, 0.15) is 74.7 Å². The van der Waals surface area contributed by atoms with Crippen molar-refractivity contribution in [3.8, 4) is 22.3 Å². The molecule has 0 aliphatic carbocycles. The predicted octanol–water partition coefficient (Wildman–Crippen LogP) is 8.77. The number of esters is 1. The van der Waals surface area contributed by atoms with Crippen LogP contribution in [0.3, 0.4) is 0 Å². The maximum absolute atomic E-state index is 15.8. The average Bonchev–Trinajstić information content (AvgIpc) is 2.85. The molecule has 4 heteroatoms. The highest BCUT2D eigenvalue weighted by atomic mass is 19.1. The van der Waals surface area contributed by atoms with Crippen LogP contribution in [-0.2, 0) is 11.2 Å². The first-order valence-electron chi connectivity index (χ1n) is 12.4. The van der Waals surface area contributed by atoms with E-state index in [9.17, 15) is 4.79 Å². The summed E-state index contributed by atoms with van der Waals surface area (Å²) in [6.45, 7) is 4.47. The zero-order chi connectivity index (χ0) is 24.3. The van der Waals surface area contributed by atoms with Crippen LogP contribution in [0.15, 0.2) is 60.7 Å². The van der Waals surface area contributed by atoms with Gasteiger partial charge in [0.2, 0.25) is 0 Å². The monoisotopic (exact) mass is 464 g/mol. The smallest absolute Gasteiger partial charge is 0.341 e. The summed E-state index contributed by atoms with van der Waals surface area (Å²) in [5.74, 6) is -1.96. The van der Waals surface area contributed by atoms with Crippen LogP contribution < -0.4 is 0 Å². The number of hydrogen-bond donors (Lipinski definition) is 0. The summed E-state index contributed by atoms with van der Waals surface area (Å²) in [5, 5.41) is 0. The maximum Gasteiger partial charge on any atom is 0.341 e. The Morgan fingerprint density at radius 2 is 1.50 bits per heavy atom. The van der Waals surface area contributed by atoms with Gasteiger partial charge in [0.15, 0.2) is 0 Å². The van der Waals surface area contributed by atoms with E-state index in [1.54, 1.807) is 12.1 Å². The Labute approximate surface area is 202 Å². The van der Waals surface area contributed by atoms with Gasteiger partial charge in [-0.1, -0.05) is 94.5 Å². The van der Waals surface area contributed by atoms with E-state index in [0.717, 1.165) is 62.5 Å². The number of carbonyl (C=O) groups excluding carboxylic acids is 1. The van der Waals surface area contributed by atoms with E-state index in [2.05, 4.69) is 13.8 Å². The van der Waals surface area contributed by atoms with Gasteiger partial charge in [-0.3, -0.25) is 0 Å². The van der Waals surface area contributed by atoms with Gasteiger partial charge in [0.05, 0.1) is 12.2 Å². The highest BCUT2D eigenvalue weighted by Gasteiger charge is 2.23. The van der Waals surface area contributed by atoms with E-state index in [1.807, 2.05) is 36.4 Å². The van der Waals surface area contributed by atoms with E-state index >= 15 is 8.78 Å². The van der Waals surface area contributed by atoms with Gasteiger partial charge >= 0.3 is 5.97 Å². The van der Waals surface area contributed by atoms with E-state index in [1.165, 1.54) is 12.1 Å². The van der Waals surface area contributed by atoms with Gasteiger partial charge < -0.3 is 4.74 Å². The van der Waals surface area contributed by atoms with Crippen molar-refractivity contribution in [3.63, 3.8) is 0 Å². The van der Waals surface area contributed by atoms with Crippen LogP contribution in [0.5, 0.6) is 0 Å². The third-order valence-electron chi connectivity index (χ3n) is 6.05. The van der Waals surface area contributed by atoms with Gasteiger partial charge in [0.25, 0.3) is 0 Å². The number of rotatable bonds is 12. The Hall–Kier alpha value is -3.01. The molecule has 0 heterocycles. The lowest BCUT2D eigenvalue weighted by Crippen LogP contribution is -2.10. The molecule has 34 heavy (non-hydrogen) atoms. The first kappa shape index (κ1) is 25.6. The first-order chi connectivity index (χ1) is 16.6. The molecule has 0 aromatic heterocycles. The molecule has 0 saturated heterocycles. The minimum Gasteiger partial charge on any atom is -0.462 e. The summed E-state index contributed by atoms with van der Waals surface area (Å²) in [4.78, 5) is 12.7. The van der Waals surface area contributed by atoms with Crippen molar-refractivity contribution >= 4 is 5.97 Å². The minimum atomic E-state index is -0.752. The zero-order valence-corrected chi connectivity index (χ0v) is 20.2. The topological polar surface area (TPSA) is 26.3 Å². The van der Waals surface area contributed by atoms with Crippen molar-refractivity contribution in [1.29, 1.82) is 0 Å². The molecule has 0 fully saturated rings. The Morgan fingerprint density at radius 1 is 0.794 bits per heavy atom. The number of benzene rings is 3. The van der Waals surface area contributed by atoms with E-state index in [4.69, 9.17) is 4.74 Å². The van der Waals surface area contributed by atoms with Crippen LogP contribution in [0, 0.1) is 11.6 Å². The number of hydrogen-bond acceptors (Lipinski definition) is 2. The van der Waals surface area contributed by atoms with Crippen LogP contribution in [0.4, 0.5) is 8.78 Å². The molecule has 0 N–H and O–H groups in total. The molecule has 0 unspecified atom stereocenters. The molecule has 0 amide bonds. The van der Waals surface area contributed by atoms with Crippen LogP contribution in [0.2, 0.25) is 0 Å². The summed E-state index contributed by atoms with van der Waals surface area (Å²) < 4.78 is 36.4. The van der Waals surface area contributed by atoms with Gasteiger partial charge in [0.1, 0.15) is 11.6 Å². The van der Waals surface area contributed by atoms with E-state index in [0.29, 0.717) is 5.56 Å². The second-order valence-electron chi connectivity index (χ2n) is 8.68. The third-order valence-corrected chi connectivity index (χ3v) is 6.05. The lowest BCUT2D eigenvalue weighted by Gasteiger charge is -2.16. The number of aryl methyl sites for hydroxylation is 1. The predicted molar refractivity (Wildman–Crippen MR) is 135 cm³/mol. The lowest BCUT2D eigenvalue weighted by molar-refractivity contribution is 0.0492. The fourth-order valence-corrected chi connectivity index (χ4v) is 4.10. The summed E-state index contributed by atoms with van der Waals surface area (Å²) >= 11 is 0. The molecule has 0 aliphatic rings. The molecule has 0 atom stereocenters. The van der Waals surface area contributed by atoms with Crippen molar-refractivity contribution < 1.29 is 18.3 Å². The van der Waals surface area contributed by atoms with Gasteiger partial charge in [-0.15, -0.1) is 0 Å². The quantitative estimate of drug-likeness (QED) is 0.198. The number of halogens is 2. The standard InChI is InChI=1S/C30H34F2O2/c1-3-5-7-8-12-20-34-30(33)26-19-18-24(23-14-10-9-11-15-23)28(29(26)32)25-17-16-22(13-6-4-2)21-27(25)31/h9-11,14-19,21H,3-8,12-13,20H2,1-2H3. The van der Waals surface area contributed by atoms with Crippen LogP contribution >= 0.6 is 0 Å². The first-order valence-corrected chi connectivity index (χ1v) is 12.4. The second-order valence-corrected chi connectivity index (χ2v) is 8.68. The number of ether oxygens (including phenoxy) is 1. The van der Waals surface area contributed by atoms with E-state index in [-0.39, 0.29) is 23.3 Å². The normalized spacial score (nSPS) is 10.9. The summed E-state index contributed by atoms with van der Waals surface area (Å²) in [6, 6.07) is 17.3. The maximum atomic E-state index is 15.8. The van der Waals surface area contributed by atoms with Gasteiger partial charge in [-0.2, -0.15) is 0 Å².